The Labute approximate surface area is 448 Å². The summed E-state index contributed by atoms with van der Waals surface area (Å²) in [6, 6.07) is 0. The fourth-order valence-corrected chi connectivity index (χ4v) is 8.90. The van der Waals surface area contributed by atoms with E-state index >= 15 is 0 Å². The first-order valence-electron chi connectivity index (χ1n) is 29.7. The number of unbranched alkanes of at least 4 members (excludes halogenated alkanes) is 27. The van der Waals surface area contributed by atoms with E-state index in [-0.39, 0.29) is 32.6 Å². The van der Waals surface area contributed by atoms with Crippen molar-refractivity contribution in [2.45, 2.75) is 264 Å². The fraction of sp³-hybridized carbons (Fsp3) is 0.714. The van der Waals surface area contributed by atoms with Gasteiger partial charge in [0.2, 0.25) is 0 Å². The Hall–Kier alpha value is -3.07. The predicted molar refractivity (Wildman–Crippen MR) is 312 cm³/mol. The molecule has 9 nitrogen and oxygen atoms in total. The highest BCUT2D eigenvalue weighted by atomic mass is 31.2. The average Bonchev–Trinajstić information content (AvgIpc) is 3.38. The molecular formula is C63H110NO8P. The molecule has 2 unspecified atom stereocenters. The minimum atomic E-state index is -4.41. The number of rotatable bonds is 55. The van der Waals surface area contributed by atoms with Crippen LogP contribution in [0.2, 0.25) is 0 Å². The summed E-state index contributed by atoms with van der Waals surface area (Å²) < 4.78 is 32.8. The van der Waals surface area contributed by atoms with Gasteiger partial charge in [-0.2, -0.15) is 0 Å². The summed E-state index contributed by atoms with van der Waals surface area (Å²) in [7, 11) is -4.41. The van der Waals surface area contributed by atoms with E-state index in [2.05, 4.69) is 92.8 Å². The van der Waals surface area contributed by atoms with Crippen LogP contribution in [0.1, 0.15) is 258 Å². The molecule has 0 aliphatic heterocycles. The van der Waals surface area contributed by atoms with E-state index in [1.165, 1.54) is 167 Å². The van der Waals surface area contributed by atoms with Gasteiger partial charge in [-0.1, -0.05) is 265 Å². The Balaban J connectivity index is 3.86. The molecule has 0 saturated heterocycles. The van der Waals surface area contributed by atoms with Crippen molar-refractivity contribution in [2.75, 3.05) is 26.4 Å². The third-order valence-electron chi connectivity index (χ3n) is 12.5. The summed E-state index contributed by atoms with van der Waals surface area (Å²) in [6.07, 6.45) is 78.2. The summed E-state index contributed by atoms with van der Waals surface area (Å²) in [6.45, 7) is 3.51. The number of phosphoric acid groups is 1. The van der Waals surface area contributed by atoms with Crippen molar-refractivity contribution in [1.82, 2.24) is 0 Å². The first-order chi connectivity index (χ1) is 35.8. The van der Waals surface area contributed by atoms with Crippen LogP contribution in [-0.4, -0.2) is 49.3 Å². The fourth-order valence-electron chi connectivity index (χ4n) is 8.13. The lowest BCUT2D eigenvalue weighted by atomic mass is 10.0. The summed E-state index contributed by atoms with van der Waals surface area (Å²) >= 11 is 0. The van der Waals surface area contributed by atoms with Gasteiger partial charge in [0.05, 0.1) is 19.6 Å². The second kappa shape index (κ2) is 58.2. The molecule has 0 bridgehead atoms. The van der Waals surface area contributed by atoms with E-state index in [0.717, 1.165) is 57.8 Å². The van der Waals surface area contributed by atoms with Gasteiger partial charge >= 0.3 is 19.8 Å². The van der Waals surface area contributed by atoms with Crippen molar-refractivity contribution < 1.29 is 37.6 Å². The maximum absolute atomic E-state index is 12.6. The lowest BCUT2D eigenvalue weighted by molar-refractivity contribution is -0.160. The van der Waals surface area contributed by atoms with Crippen LogP contribution in [-0.2, 0) is 32.7 Å². The van der Waals surface area contributed by atoms with Crippen LogP contribution in [0.4, 0.5) is 0 Å². The van der Waals surface area contributed by atoms with Crippen LogP contribution in [0, 0.1) is 0 Å². The van der Waals surface area contributed by atoms with E-state index in [9.17, 15) is 19.0 Å². The third-order valence-corrected chi connectivity index (χ3v) is 13.5. The van der Waals surface area contributed by atoms with E-state index in [1.54, 1.807) is 6.08 Å². The molecule has 0 rings (SSSR count). The number of phosphoric ester groups is 1. The highest BCUT2D eigenvalue weighted by Crippen LogP contribution is 2.43. The number of ether oxygens (including phenoxy) is 2. The normalized spacial score (nSPS) is 13.8. The van der Waals surface area contributed by atoms with Crippen LogP contribution >= 0.6 is 7.82 Å². The largest absolute Gasteiger partial charge is 0.472 e. The summed E-state index contributed by atoms with van der Waals surface area (Å²) in [5.41, 5.74) is 5.36. The molecule has 420 valence electrons. The van der Waals surface area contributed by atoms with Gasteiger partial charge in [-0.15, -0.1) is 0 Å². The van der Waals surface area contributed by atoms with Crippen LogP contribution in [0.5, 0.6) is 0 Å². The van der Waals surface area contributed by atoms with Crippen LogP contribution < -0.4 is 5.73 Å². The Kier molecular flexibility index (Phi) is 55.7. The molecule has 3 N–H and O–H groups in total. The zero-order valence-corrected chi connectivity index (χ0v) is 47.7. The van der Waals surface area contributed by atoms with Gasteiger partial charge < -0.3 is 20.1 Å². The molecule has 0 aliphatic rings. The minimum absolute atomic E-state index is 0.00421. The minimum Gasteiger partial charge on any atom is -0.462 e. The van der Waals surface area contributed by atoms with Gasteiger partial charge in [0, 0.05) is 13.0 Å². The average molecular weight is 1040 g/mol. The molecule has 0 aromatic rings. The SMILES string of the molecule is CC/C=C\C/C=C\C/C=C\C/C=C\C/C=C\CC(=O)OC(COC(=O)CCCCCCCCCCCCCCCCCCCCCCCC/C=C\C/C=C\C/C=C\CCCCCCC)COP(=O)(O)OCCN. The Morgan fingerprint density at radius 1 is 0.438 bits per heavy atom. The first kappa shape index (κ1) is 69.9. The second-order valence-corrected chi connectivity index (χ2v) is 21.0. The highest BCUT2D eigenvalue weighted by molar-refractivity contribution is 7.47. The van der Waals surface area contributed by atoms with Crippen LogP contribution in [0.15, 0.2) is 97.2 Å². The second-order valence-electron chi connectivity index (χ2n) is 19.5. The maximum atomic E-state index is 12.6. The Morgan fingerprint density at radius 2 is 0.795 bits per heavy atom. The van der Waals surface area contributed by atoms with Crippen molar-refractivity contribution >= 4 is 19.8 Å². The number of esters is 2. The van der Waals surface area contributed by atoms with Gasteiger partial charge in [-0.25, -0.2) is 4.57 Å². The molecule has 0 spiro atoms. The zero-order chi connectivity index (χ0) is 53.1. The lowest BCUT2D eigenvalue weighted by Gasteiger charge is -2.19. The predicted octanol–water partition coefficient (Wildman–Crippen LogP) is 18.8. The van der Waals surface area contributed by atoms with E-state index < -0.39 is 32.5 Å². The Morgan fingerprint density at radius 3 is 1.19 bits per heavy atom. The first-order valence-corrected chi connectivity index (χ1v) is 31.2. The lowest BCUT2D eigenvalue weighted by Crippen LogP contribution is -2.29. The molecule has 0 saturated carbocycles. The summed E-state index contributed by atoms with van der Waals surface area (Å²) in [5, 5.41) is 0. The molecule has 0 radical (unpaired) electrons. The molecule has 0 heterocycles. The molecule has 0 fully saturated rings. The summed E-state index contributed by atoms with van der Waals surface area (Å²) in [5.74, 6) is -0.973. The zero-order valence-electron chi connectivity index (χ0n) is 46.8. The van der Waals surface area contributed by atoms with E-state index in [0.29, 0.717) is 6.42 Å². The van der Waals surface area contributed by atoms with Crippen molar-refractivity contribution in [3.8, 4) is 0 Å². The number of allylic oxidation sites excluding steroid dienone is 15. The molecule has 0 aromatic carbocycles. The third kappa shape index (κ3) is 58.1. The highest BCUT2D eigenvalue weighted by Gasteiger charge is 2.25. The Bertz CT molecular complexity index is 1510. The van der Waals surface area contributed by atoms with Crippen molar-refractivity contribution in [1.29, 1.82) is 0 Å². The summed E-state index contributed by atoms with van der Waals surface area (Å²) in [4.78, 5) is 35.0. The molecule has 10 heteroatoms. The van der Waals surface area contributed by atoms with Crippen molar-refractivity contribution in [2.24, 2.45) is 5.73 Å². The monoisotopic (exact) mass is 1040 g/mol. The van der Waals surface area contributed by atoms with Gasteiger partial charge in [-0.05, 0) is 77.0 Å². The van der Waals surface area contributed by atoms with Crippen molar-refractivity contribution in [3.63, 3.8) is 0 Å². The van der Waals surface area contributed by atoms with Gasteiger partial charge in [0.1, 0.15) is 6.61 Å². The van der Waals surface area contributed by atoms with Crippen molar-refractivity contribution in [3.05, 3.63) is 97.2 Å². The van der Waals surface area contributed by atoms with E-state index in [1.807, 2.05) is 12.2 Å². The molecular weight excluding hydrogens is 930 g/mol. The number of carbonyl (C=O) groups excluding carboxylic acids is 2. The topological polar surface area (TPSA) is 134 Å². The van der Waals surface area contributed by atoms with Gasteiger partial charge in [0.15, 0.2) is 6.10 Å². The molecule has 0 aliphatic carbocycles. The number of carbonyl (C=O) groups is 2. The van der Waals surface area contributed by atoms with Crippen LogP contribution in [0.3, 0.4) is 0 Å². The van der Waals surface area contributed by atoms with Gasteiger partial charge in [-0.3, -0.25) is 18.6 Å². The number of hydrogen-bond acceptors (Lipinski definition) is 8. The molecule has 0 amide bonds. The van der Waals surface area contributed by atoms with E-state index in [4.69, 9.17) is 24.3 Å². The maximum Gasteiger partial charge on any atom is 0.472 e. The quantitative estimate of drug-likeness (QED) is 0.0264. The number of nitrogens with two attached hydrogens (primary N) is 1. The molecule has 2 atom stereocenters. The molecule has 0 aromatic heterocycles. The molecule has 73 heavy (non-hydrogen) atoms. The smallest absolute Gasteiger partial charge is 0.462 e. The van der Waals surface area contributed by atoms with Crippen LogP contribution in [0.25, 0.3) is 0 Å². The van der Waals surface area contributed by atoms with Gasteiger partial charge in [0.25, 0.3) is 0 Å². The standard InChI is InChI=1S/C63H110NO8P/c1-3-5-7-9-11-13-15-17-19-20-21-22-23-24-25-26-27-28-29-30-31-32-33-34-35-36-37-38-39-40-42-43-45-47-49-51-53-55-62(65)69-59-61(60-71-73(67,68)70-58-57-64)72-63(66)56-54-52-50-48-46-44-41-18-16-14-12-10-8-6-4-2/h6,8,12,14-15,17-18,20-21,23-24,41,46,48,52,54,61H,3-5,7,9-11,13,16,19,22,25-40,42-45,47,49-51,53,55-60,64H2,1-2H3,(H,67,68)/b8-6-,14-12-,17-15-,21-20-,24-23-,41-18-,48-46-,54-52-. The number of hydrogen-bond donors (Lipinski definition) is 2.